The van der Waals surface area contributed by atoms with Crippen LogP contribution in [-0.4, -0.2) is 73.4 Å². The third-order valence-electron chi connectivity index (χ3n) is 29.8. The SMILES string of the molecule is C=C(C(C)C)C(C)(C)C.CC(C)(C)C(=Nc1ccccc1)C(C)(C)C.CC(C)(C)C(=O)C(C)(C)C.CC(C)(C)C(C)(C)C(C)(C)C.CC(C)(C)C(C)(F)C(C)(C)C.CC(C)(C)C1(C(C)(C)C)CCCCC1.CC(C)(C)C1(C(C)(C)C)OCCO1.CC(C)(C)CC(C)(C)C.CC(C)(C)CC(C)(C)C.CC(C)C(=C1CCCC1)C(C)(C)C.CCOC(C)(C(C)(C)C)C(C)(C)C.CN(C)C(C(C)(C)C)C(C)(C)C. The Balaban J connectivity index is -0.000000227. The molecule has 0 N–H and O–H groups in total. The lowest BCUT2D eigenvalue weighted by Crippen LogP contribution is -2.54. The Morgan fingerprint density at radius 2 is 0.664 bits per heavy atom. The van der Waals surface area contributed by atoms with Crippen molar-refractivity contribution in [2.45, 2.75) is 613 Å². The number of para-hydroxylation sites is 1. The molecule has 0 bridgehead atoms. The van der Waals surface area contributed by atoms with Gasteiger partial charge in [0, 0.05) is 50.9 Å². The van der Waals surface area contributed by atoms with E-state index in [2.05, 4.69) is 467 Å². The van der Waals surface area contributed by atoms with Crippen LogP contribution in [0.4, 0.5) is 10.1 Å². The highest BCUT2D eigenvalue weighted by Gasteiger charge is 2.56. The summed E-state index contributed by atoms with van der Waals surface area (Å²) in [6.07, 6.45) is 15.3. The molecule has 0 atom stereocenters. The maximum atomic E-state index is 14.1. The Bertz CT molecular complexity index is 3350. The van der Waals surface area contributed by atoms with Crippen LogP contribution in [0.15, 0.2) is 58.6 Å². The Labute approximate surface area is 887 Å². The molecule has 7 heteroatoms. The fourth-order valence-corrected chi connectivity index (χ4v) is 23.3. The maximum Gasteiger partial charge on any atom is 0.178 e. The summed E-state index contributed by atoms with van der Waals surface area (Å²) in [5.74, 6) is 1.23. The number of nitrogens with zero attached hydrogens (tertiary/aromatic N) is 2. The number of halogens is 1. The number of carbonyl (C=O) groups is 1. The molecule has 2 aliphatic carbocycles. The number of rotatable bonds is 6. The smallest absolute Gasteiger partial charge is 0.178 e. The maximum absolute atomic E-state index is 14.1. The molecule has 0 amide bonds. The largest absolute Gasteiger partial charge is 0.374 e. The highest BCUT2D eigenvalue weighted by Crippen LogP contribution is 2.60. The van der Waals surface area contributed by atoms with Crippen LogP contribution in [0, 0.1) is 142 Å². The first kappa shape index (κ1) is 153. The number of ketones is 1. The monoisotopic (exact) mass is 1980 g/mol. The van der Waals surface area contributed by atoms with E-state index in [9.17, 15) is 9.18 Å². The summed E-state index contributed by atoms with van der Waals surface area (Å²) in [6, 6.07) is 10.8. The van der Waals surface area contributed by atoms with Crippen molar-refractivity contribution >= 4 is 17.2 Å². The molecule has 140 heavy (non-hydrogen) atoms. The van der Waals surface area contributed by atoms with Gasteiger partial charge >= 0.3 is 0 Å². The average Bonchev–Trinajstić information content (AvgIpc) is 1.69. The van der Waals surface area contributed by atoms with Gasteiger partial charge in [-0.15, -0.1) is 0 Å². The Hall–Kier alpha value is -2.19. The lowest BCUT2D eigenvalue weighted by Gasteiger charge is -2.56. The molecule has 3 aliphatic rings. The minimum Gasteiger partial charge on any atom is -0.374 e. The summed E-state index contributed by atoms with van der Waals surface area (Å²) in [5.41, 5.74) is 11.4. The Morgan fingerprint density at radius 3 is 0.779 bits per heavy atom. The second kappa shape index (κ2) is 55.7. The molecular formula is C133H269FN2O4. The van der Waals surface area contributed by atoms with Gasteiger partial charge in [-0.05, 0) is 208 Å². The molecule has 0 spiro atoms. The fraction of sp³-hybridized carbons (Fsp3) is 0.910. The molecule has 0 radical (unpaired) electrons. The van der Waals surface area contributed by atoms with E-state index >= 15 is 0 Å². The topological polar surface area (TPSA) is 60.4 Å². The molecule has 6 nitrogen and oxygen atoms in total. The predicted octanol–water partition coefficient (Wildman–Crippen LogP) is 44.9. The standard InChI is InChI=1S/C15H23N.C14H28.C13H24.C12H26O.C11H25N.C11H22O2.C11H24.C10H21F.C9H18O.2C9H20.C9H18/c1-14(2,3)13(15(4,5)6)16-12-10-8-7-9-11-12;1-12(2,3)14(13(4,5)6)10-8-7-9-11-14;1-10(2)12(13(3,4)5)11-8-6-7-9-11;1-9-13-12(8,10(2,3)4)11(5,6)7;1-10(2,3)9(12(7)8)11(4,5)6;1-9(2,3)11(10(4,5)6)12-7-8-13-11;1-9(2,3)11(7,8)10(4,5)6;1-8(2,3)10(7,11)9(4,5)6;1-8(2,3)7(10)9(4,5)6;2*1-8(2,3)7-9(4,5)6;1-7(2)8(3)9(4,5)6/h7-11H,1-6H3;7-11H2,1-6H3;10H,6-9H2,1-5H3;9H2,1-8H3;9H,1-8H3;7-8H2,1-6H3;1-8H3;1-7H3;1-6H3;2*7H2,1-6H3;7H,3H2,1-2,4-6H3. The second-order valence-corrected chi connectivity index (χ2v) is 67.9. The molecule has 4 rings (SSSR count). The van der Waals surface area contributed by atoms with Crippen molar-refractivity contribution in [2.75, 3.05) is 33.9 Å². The van der Waals surface area contributed by atoms with Crippen LogP contribution < -0.4 is 0 Å². The third kappa shape index (κ3) is 58.3. The van der Waals surface area contributed by atoms with E-state index in [0.717, 1.165) is 18.2 Å². The Morgan fingerprint density at radius 1 is 0.379 bits per heavy atom. The van der Waals surface area contributed by atoms with Gasteiger partial charge in [-0.25, -0.2) is 4.39 Å². The molecule has 1 aromatic carbocycles. The number of alkyl halides is 1. The van der Waals surface area contributed by atoms with Crippen molar-refractivity contribution in [3.8, 4) is 0 Å². The molecule has 1 saturated heterocycles. The lowest BCUT2D eigenvalue weighted by atomic mass is 9.49. The minimum atomic E-state index is -1.13. The van der Waals surface area contributed by atoms with Gasteiger partial charge in [0.2, 0.25) is 0 Å². The zero-order chi connectivity index (χ0) is 116. The van der Waals surface area contributed by atoms with Gasteiger partial charge in [0.05, 0.1) is 24.5 Å². The summed E-state index contributed by atoms with van der Waals surface area (Å²) in [5, 5.41) is 0. The van der Waals surface area contributed by atoms with Gasteiger partial charge in [-0.3, -0.25) is 9.79 Å². The summed E-state index contributed by atoms with van der Waals surface area (Å²) >= 11 is 0. The number of benzene rings is 1. The number of allylic oxidation sites excluding steroid dienone is 3. The van der Waals surface area contributed by atoms with Crippen molar-refractivity contribution in [2.24, 2.45) is 147 Å². The van der Waals surface area contributed by atoms with E-state index in [1.54, 1.807) is 18.1 Å². The van der Waals surface area contributed by atoms with E-state index < -0.39 is 11.5 Å². The van der Waals surface area contributed by atoms with Gasteiger partial charge in [0.25, 0.3) is 0 Å². The van der Waals surface area contributed by atoms with Crippen molar-refractivity contribution < 1.29 is 23.4 Å². The van der Waals surface area contributed by atoms with Gasteiger partial charge in [0.1, 0.15) is 11.5 Å². The quantitative estimate of drug-likeness (QED) is 0.210. The highest BCUT2D eigenvalue weighted by atomic mass is 19.1. The molecule has 842 valence electrons. The normalized spacial score (nSPS) is 16.2. The number of ether oxygens (including phenoxy) is 3. The highest BCUT2D eigenvalue weighted by molar-refractivity contribution is 5.95. The lowest BCUT2D eigenvalue weighted by molar-refractivity contribution is -0.279. The summed E-state index contributed by atoms with van der Waals surface area (Å²) in [4.78, 5) is 18.6. The molecular weight excluding hydrogens is 1710 g/mol. The van der Waals surface area contributed by atoms with Crippen LogP contribution in [0.1, 0.15) is 590 Å². The van der Waals surface area contributed by atoms with Crippen molar-refractivity contribution in [1.82, 2.24) is 4.90 Å². The van der Waals surface area contributed by atoms with Crippen LogP contribution in [0.25, 0.3) is 0 Å². The summed E-state index contributed by atoms with van der Waals surface area (Å²) < 4.78 is 31.8. The molecule has 0 aromatic heterocycles. The van der Waals surface area contributed by atoms with Gasteiger partial charge in [0.15, 0.2) is 5.79 Å². The van der Waals surface area contributed by atoms with E-state index in [4.69, 9.17) is 19.2 Å². The minimum absolute atomic E-state index is 0.0156. The Kier molecular flexibility index (Phi) is 60.9. The number of hydrogen-bond donors (Lipinski definition) is 0. The van der Waals surface area contributed by atoms with E-state index in [1.165, 1.54) is 81.9 Å². The van der Waals surface area contributed by atoms with Gasteiger partial charge < -0.3 is 19.1 Å². The predicted molar refractivity (Wildman–Crippen MR) is 641 cm³/mol. The first-order valence-electron chi connectivity index (χ1n) is 56.0. The first-order chi connectivity index (χ1) is 60.1. The number of aliphatic imine (C=N–C) groups is 1. The zero-order valence-corrected chi connectivity index (χ0v) is 112. The number of carbonyl (C=O) groups excluding carboxylic acids is 1. The van der Waals surface area contributed by atoms with Crippen molar-refractivity contribution in [3.05, 3.63) is 53.6 Å². The first-order valence-corrected chi connectivity index (χ1v) is 56.0. The second-order valence-electron chi connectivity index (χ2n) is 67.9. The summed E-state index contributed by atoms with van der Waals surface area (Å²) in [7, 11) is 4.34. The average molecular weight is 1980 g/mol. The van der Waals surface area contributed by atoms with Gasteiger partial charge in [-0.1, -0.05) is 559 Å². The van der Waals surface area contributed by atoms with Crippen LogP contribution >= 0.6 is 0 Å². The molecule has 3 fully saturated rings. The van der Waals surface area contributed by atoms with Crippen LogP contribution in [0.5, 0.6) is 0 Å². The number of Topliss-reactive ketones (excluding diaryl/α,β-unsaturated/α-hetero) is 1. The molecule has 2 saturated carbocycles. The van der Waals surface area contributed by atoms with E-state index in [1.807, 2.05) is 101 Å². The molecule has 1 heterocycles. The van der Waals surface area contributed by atoms with E-state index in [-0.39, 0.29) is 65.2 Å². The van der Waals surface area contributed by atoms with Crippen LogP contribution in [0.2, 0.25) is 0 Å². The zero-order valence-electron chi connectivity index (χ0n) is 112. The van der Waals surface area contributed by atoms with Crippen LogP contribution in [0.3, 0.4) is 0 Å². The molecule has 1 aliphatic heterocycles. The van der Waals surface area contributed by atoms with Gasteiger partial charge in [-0.2, -0.15) is 0 Å². The number of hydrogen-bond acceptors (Lipinski definition) is 6. The van der Waals surface area contributed by atoms with Crippen molar-refractivity contribution in [3.63, 3.8) is 0 Å². The van der Waals surface area contributed by atoms with E-state index in [0.29, 0.717) is 101 Å². The fourth-order valence-electron chi connectivity index (χ4n) is 23.3. The molecule has 0 unspecified atom stereocenters. The van der Waals surface area contributed by atoms with Crippen LogP contribution in [-0.2, 0) is 19.0 Å². The summed E-state index contributed by atoms with van der Waals surface area (Å²) in [6.45, 7) is 173. The van der Waals surface area contributed by atoms with Crippen molar-refractivity contribution in [1.29, 1.82) is 0 Å². The molecule has 1 aromatic rings. The third-order valence-corrected chi connectivity index (χ3v) is 29.8.